The van der Waals surface area contributed by atoms with Crippen LogP contribution in [0, 0.1) is 6.92 Å². The monoisotopic (exact) mass is 271 g/mol. The van der Waals surface area contributed by atoms with Crippen molar-refractivity contribution >= 4 is 11.7 Å². The first-order valence-corrected chi connectivity index (χ1v) is 6.27. The van der Waals surface area contributed by atoms with Gasteiger partial charge in [0, 0.05) is 11.3 Å². The van der Waals surface area contributed by atoms with Crippen molar-refractivity contribution in [2.45, 2.75) is 13.5 Å². The Labute approximate surface area is 118 Å². The predicted molar refractivity (Wildman–Crippen MR) is 77.7 cm³/mol. The zero-order valence-electron chi connectivity index (χ0n) is 11.6. The summed E-state index contributed by atoms with van der Waals surface area (Å²) in [5, 5.41) is 0. The molecular weight excluding hydrogens is 254 g/mol. The largest absolute Gasteiger partial charge is 0.496 e. The summed E-state index contributed by atoms with van der Waals surface area (Å²) in [5.74, 6) is 0.268. The summed E-state index contributed by atoms with van der Waals surface area (Å²) in [5.41, 5.74) is 8.28. The molecule has 0 heterocycles. The van der Waals surface area contributed by atoms with E-state index in [1.807, 2.05) is 43.3 Å². The second-order valence-electron chi connectivity index (χ2n) is 4.43. The molecule has 0 radical (unpaired) electrons. The first-order chi connectivity index (χ1) is 9.63. The van der Waals surface area contributed by atoms with Gasteiger partial charge in [0.25, 0.3) is 0 Å². The molecule has 0 spiro atoms. The normalized spacial score (nSPS) is 10.1. The average molecular weight is 271 g/mol. The van der Waals surface area contributed by atoms with Gasteiger partial charge in [0.05, 0.1) is 12.7 Å². The second-order valence-corrected chi connectivity index (χ2v) is 4.43. The van der Waals surface area contributed by atoms with E-state index < -0.39 is 5.97 Å². The van der Waals surface area contributed by atoms with E-state index in [4.69, 9.17) is 15.2 Å². The molecule has 0 aromatic heterocycles. The zero-order valence-corrected chi connectivity index (χ0v) is 11.6. The molecule has 2 rings (SSSR count). The van der Waals surface area contributed by atoms with Gasteiger partial charge in [-0.15, -0.1) is 0 Å². The van der Waals surface area contributed by atoms with Crippen LogP contribution in [0.4, 0.5) is 5.69 Å². The molecule has 104 valence electrons. The molecule has 0 aliphatic carbocycles. The molecule has 20 heavy (non-hydrogen) atoms. The Bertz CT molecular complexity index is 603. The molecule has 0 bridgehead atoms. The fourth-order valence-corrected chi connectivity index (χ4v) is 2.01. The standard InChI is InChI=1S/C16H17NO3/c1-11-6-5-8-13(17)15(11)16(18)20-10-12-7-3-4-9-14(12)19-2/h3-9H,10,17H2,1-2H3. The SMILES string of the molecule is COc1ccccc1COC(=O)c1c(C)cccc1N. The van der Waals surface area contributed by atoms with Gasteiger partial charge < -0.3 is 15.2 Å². The summed E-state index contributed by atoms with van der Waals surface area (Å²) in [4.78, 5) is 12.1. The topological polar surface area (TPSA) is 61.5 Å². The van der Waals surface area contributed by atoms with Crippen molar-refractivity contribution in [1.82, 2.24) is 0 Å². The first kappa shape index (κ1) is 13.9. The Morgan fingerprint density at radius 1 is 1.15 bits per heavy atom. The number of carbonyl (C=O) groups excluding carboxylic acids is 1. The molecule has 0 unspecified atom stereocenters. The number of methoxy groups -OCH3 is 1. The summed E-state index contributed by atoms with van der Waals surface area (Å²) in [7, 11) is 1.58. The maximum atomic E-state index is 12.1. The van der Waals surface area contributed by atoms with Gasteiger partial charge in [-0.25, -0.2) is 4.79 Å². The van der Waals surface area contributed by atoms with E-state index in [0.717, 1.165) is 11.1 Å². The van der Waals surface area contributed by atoms with E-state index >= 15 is 0 Å². The van der Waals surface area contributed by atoms with Crippen molar-refractivity contribution in [2.75, 3.05) is 12.8 Å². The van der Waals surface area contributed by atoms with Gasteiger partial charge in [-0.2, -0.15) is 0 Å². The Hall–Kier alpha value is -2.49. The van der Waals surface area contributed by atoms with E-state index in [0.29, 0.717) is 17.0 Å². The highest BCUT2D eigenvalue weighted by atomic mass is 16.5. The third-order valence-electron chi connectivity index (χ3n) is 3.06. The number of rotatable bonds is 4. The van der Waals surface area contributed by atoms with Crippen LogP contribution in [0.5, 0.6) is 5.75 Å². The number of para-hydroxylation sites is 1. The molecule has 0 fully saturated rings. The molecular formula is C16H17NO3. The summed E-state index contributed by atoms with van der Waals surface area (Å²) in [6, 6.07) is 12.7. The molecule has 0 saturated carbocycles. The van der Waals surface area contributed by atoms with Crippen LogP contribution in [-0.2, 0) is 11.3 Å². The van der Waals surface area contributed by atoms with Crippen LogP contribution in [0.1, 0.15) is 21.5 Å². The van der Waals surface area contributed by atoms with Crippen molar-refractivity contribution in [3.8, 4) is 5.75 Å². The first-order valence-electron chi connectivity index (χ1n) is 6.27. The lowest BCUT2D eigenvalue weighted by Crippen LogP contribution is -2.10. The Balaban J connectivity index is 2.13. The lowest BCUT2D eigenvalue weighted by atomic mass is 10.1. The minimum Gasteiger partial charge on any atom is -0.496 e. The third kappa shape index (κ3) is 2.91. The van der Waals surface area contributed by atoms with Gasteiger partial charge >= 0.3 is 5.97 Å². The van der Waals surface area contributed by atoms with E-state index in [2.05, 4.69) is 0 Å². The van der Waals surface area contributed by atoms with Gasteiger partial charge in [-0.3, -0.25) is 0 Å². The van der Waals surface area contributed by atoms with Gasteiger partial charge in [-0.05, 0) is 24.6 Å². The molecule has 2 aromatic rings. The van der Waals surface area contributed by atoms with Crippen LogP contribution in [0.3, 0.4) is 0 Å². The summed E-state index contributed by atoms with van der Waals surface area (Å²) in [6.07, 6.45) is 0. The number of nitrogens with two attached hydrogens (primary N) is 1. The van der Waals surface area contributed by atoms with Gasteiger partial charge in [0.15, 0.2) is 0 Å². The maximum absolute atomic E-state index is 12.1. The van der Waals surface area contributed by atoms with Gasteiger partial charge in [0.2, 0.25) is 0 Å². The Morgan fingerprint density at radius 3 is 2.60 bits per heavy atom. The second kappa shape index (κ2) is 6.10. The molecule has 0 aliphatic heterocycles. The molecule has 2 aromatic carbocycles. The lowest BCUT2D eigenvalue weighted by Gasteiger charge is -2.11. The lowest BCUT2D eigenvalue weighted by molar-refractivity contribution is 0.0470. The number of ether oxygens (including phenoxy) is 2. The Morgan fingerprint density at radius 2 is 1.90 bits per heavy atom. The van der Waals surface area contributed by atoms with Crippen molar-refractivity contribution < 1.29 is 14.3 Å². The number of nitrogen functional groups attached to an aromatic ring is 1. The van der Waals surface area contributed by atoms with Gasteiger partial charge in [0.1, 0.15) is 12.4 Å². The number of esters is 1. The molecule has 4 heteroatoms. The molecule has 2 N–H and O–H groups in total. The quantitative estimate of drug-likeness (QED) is 0.686. The fourth-order valence-electron chi connectivity index (χ4n) is 2.01. The summed E-state index contributed by atoms with van der Waals surface area (Å²) < 4.78 is 10.5. The predicted octanol–water partition coefficient (Wildman–Crippen LogP) is 2.94. The van der Waals surface area contributed by atoms with E-state index in [1.165, 1.54) is 0 Å². The average Bonchev–Trinajstić information content (AvgIpc) is 2.45. The summed E-state index contributed by atoms with van der Waals surface area (Å²) in [6.45, 7) is 1.98. The highest BCUT2D eigenvalue weighted by molar-refractivity contribution is 5.96. The summed E-state index contributed by atoms with van der Waals surface area (Å²) >= 11 is 0. The van der Waals surface area contributed by atoms with Crippen molar-refractivity contribution in [3.05, 3.63) is 59.2 Å². The van der Waals surface area contributed by atoms with Crippen LogP contribution in [0.25, 0.3) is 0 Å². The van der Waals surface area contributed by atoms with Crippen LogP contribution in [0.15, 0.2) is 42.5 Å². The smallest absolute Gasteiger partial charge is 0.340 e. The van der Waals surface area contributed by atoms with Crippen molar-refractivity contribution in [3.63, 3.8) is 0 Å². The highest BCUT2D eigenvalue weighted by Crippen LogP contribution is 2.21. The van der Waals surface area contributed by atoms with Crippen molar-refractivity contribution in [1.29, 1.82) is 0 Å². The number of aryl methyl sites for hydroxylation is 1. The fraction of sp³-hybridized carbons (Fsp3) is 0.188. The Kier molecular flexibility index (Phi) is 4.25. The number of carbonyl (C=O) groups is 1. The number of hydrogen-bond donors (Lipinski definition) is 1. The minimum absolute atomic E-state index is 0.149. The zero-order chi connectivity index (χ0) is 14.5. The third-order valence-corrected chi connectivity index (χ3v) is 3.06. The molecule has 0 saturated heterocycles. The van der Waals surface area contributed by atoms with Crippen molar-refractivity contribution in [2.24, 2.45) is 0 Å². The molecule has 0 amide bonds. The van der Waals surface area contributed by atoms with E-state index in [9.17, 15) is 4.79 Å². The molecule has 4 nitrogen and oxygen atoms in total. The molecule has 0 atom stereocenters. The minimum atomic E-state index is -0.425. The van der Waals surface area contributed by atoms with Crippen LogP contribution < -0.4 is 10.5 Å². The van der Waals surface area contributed by atoms with E-state index in [-0.39, 0.29) is 6.61 Å². The van der Waals surface area contributed by atoms with E-state index in [1.54, 1.807) is 13.2 Å². The number of hydrogen-bond acceptors (Lipinski definition) is 4. The highest BCUT2D eigenvalue weighted by Gasteiger charge is 2.14. The maximum Gasteiger partial charge on any atom is 0.340 e. The van der Waals surface area contributed by atoms with Gasteiger partial charge in [-0.1, -0.05) is 30.3 Å². The van der Waals surface area contributed by atoms with Crippen LogP contribution >= 0.6 is 0 Å². The molecule has 0 aliphatic rings. The van der Waals surface area contributed by atoms with Crippen LogP contribution in [-0.4, -0.2) is 13.1 Å². The number of anilines is 1. The number of benzene rings is 2. The van der Waals surface area contributed by atoms with Crippen LogP contribution in [0.2, 0.25) is 0 Å².